The maximum Gasteiger partial charge on any atom is 0.247 e. The number of aryl methyl sites for hydroxylation is 1. The van der Waals surface area contributed by atoms with Gasteiger partial charge in [0.05, 0.1) is 18.4 Å². The Morgan fingerprint density at radius 1 is 1.25 bits per heavy atom. The van der Waals surface area contributed by atoms with E-state index in [0.717, 1.165) is 17.7 Å². The number of amides is 1. The highest BCUT2D eigenvalue weighted by Crippen LogP contribution is 2.34. The molecule has 0 bridgehead atoms. The zero-order valence-corrected chi connectivity index (χ0v) is 18.4. The third-order valence-corrected chi connectivity index (χ3v) is 5.45. The molecule has 0 saturated heterocycles. The molecule has 1 atom stereocenters. The molecule has 1 amide bonds. The molecule has 32 heavy (non-hydrogen) atoms. The molecule has 168 valence electrons. The second kappa shape index (κ2) is 8.52. The highest BCUT2D eigenvalue weighted by molar-refractivity contribution is 6.03. The van der Waals surface area contributed by atoms with Crippen molar-refractivity contribution < 1.29 is 13.6 Å². The van der Waals surface area contributed by atoms with Crippen LogP contribution in [0.5, 0.6) is 0 Å². The zero-order chi connectivity index (χ0) is 23.0. The standard InChI is InChI=1S/C22H25F2N7O/c1-12(2)19-21(32)28-18-13(3)27-22(29-20(18)30(19)4)25-8-14-9-26-31(10-14)11-15-7-16(23)5-6-17(15)24/h5-7,9-10,12,19H,8,11H2,1-4H3,(H,28,32)(H,25,27,29)/t19-/m0/s1. The molecule has 8 nitrogen and oxygen atoms in total. The summed E-state index contributed by atoms with van der Waals surface area (Å²) < 4.78 is 28.8. The molecule has 0 aliphatic carbocycles. The summed E-state index contributed by atoms with van der Waals surface area (Å²) in [5, 5.41) is 10.3. The number of rotatable bonds is 6. The van der Waals surface area contributed by atoms with Gasteiger partial charge in [-0.15, -0.1) is 0 Å². The van der Waals surface area contributed by atoms with Gasteiger partial charge in [-0.3, -0.25) is 9.48 Å². The number of anilines is 3. The van der Waals surface area contributed by atoms with Crippen LogP contribution in [0.15, 0.2) is 30.6 Å². The maximum absolute atomic E-state index is 13.9. The van der Waals surface area contributed by atoms with Crippen molar-refractivity contribution in [2.75, 3.05) is 22.6 Å². The van der Waals surface area contributed by atoms with Gasteiger partial charge in [0.2, 0.25) is 11.9 Å². The highest BCUT2D eigenvalue weighted by Gasteiger charge is 2.35. The summed E-state index contributed by atoms with van der Waals surface area (Å²) >= 11 is 0. The molecule has 1 aliphatic rings. The first-order chi connectivity index (χ1) is 15.2. The minimum Gasteiger partial charge on any atom is -0.350 e. The Bertz CT molecular complexity index is 1160. The summed E-state index contributed by atoms with van der Waals surface area (Å²) in [7, 11) is 1.86. The number of halogens is 2. The van der Waals surface area contributed by atoms with Crippen LogP contribution < -0.4 is 15.5 Å². The van der Waals surface area contributed by atoms with Crippen molar-refractivity contribution in [1.82, 2.24) is 19.7 Å². The average molecular weight is 441 g/mol. The number of aromatic nitrogens is 4. The predicted octanol–water partition coefficient (Wildman–Crippen LogP) is 3.33. The zero-order valence-electron chi connectivity index (χ0n) is 18.4. The normalized spacial score (nSPS) is 15.7. The fourth-order valence-electron chi connectivity index (χ4n) is 3.90. The summed E-state index contributed by atoms with van der Waals surface area (Å²) in [6, 6.07) is 3.05. The molecular formula is C22H25F2N7O. The molecule has 0 spiro atoms. The van der Waals surface area contributed by atoms with Crippen LogP contribution >= 0.6 is 0 Å². The number of fused-ring (bicyclic) bond motifs is 1. The van der Waals surface area contributed by atoms with Crippen molar-refractivity contribution in [1.29, 1.82) is 0 Å². The Hall–Kier alpha value is -3.56. The summed E-state index contributed by atoms with van der Waals surface area (Å²) in [6.07, 6.45) is 3.40. The number of likely N-dealkylation sites (N-methyl/N-ethyl adjacent to an activating group) is 1. The van der Waals surface area contributed by atoms with Crippen LogP contribution in [0.2, 0.25) is 0 Å². The van der Waals surface area contributed by atoms with E-state index in [0.29, 0.717) is 29.7 Å². The van der Waals surface area contributed by atoms with Gasteiger partial charge in [0.25, 0.3) is 0 Å². The molecule has 1 aliphatic heterocycles. The van der Waals surface area contributed by atoms with Crippen LogP contribution in [0.25, 0.3) is 0 Å². The van der Waals surface area contributed by atoms with Crippen LogP contribution in [-0.2, 0) is 17.9 Å². The van der Waals surface area contributed by atoms with Crippen LogP contribution in [0, 0.1) is 24.5 Å². The number of nitrogens with zero attached hydrogens (tertiary/aromatic N) is 5. The smallest absolute Gasteiger partial charge is 0.247 e. The molecule has 0 saturated carbocycles. The summed E-state index contributed by atoms with van der Waals surface area (Å²) in [4.78, 5) is 23.4. The lowest BCUT2D eigenvalue weighted by Gasteiger charge is -2.36. The van der Waals surface area contributed by atoms with Crippen molar-refractivity contribution >= 4 is 23.4 Å². The number of carbonyl (C=O) groups is 1. The Morgan fingerprint density at radius 3 is 2.78 bits per heavy atom. The molecule has 0 unspecified atom stereocenters. The Balaban J connectivity index is 1.48. The maximum atomic E-state index is 13.9. The van der Waals surface area contributed by atoms with E-state index < -0.39 is 11.6 Å². The van der Waals surface area contributed by atoms with Crippen LogP contribution in [0.3, 0.4) is 0 Å². The molecule has 3 aromatic rings. The fraction of sp³-hybridized carbons (Fsp3) is 0.364. The van der Waals surface area contributed by atoms with E-state index in [9.17, 15) is 13.6 Å². The summed E-state index contributed by atoms with van der Waals surface area (Å²) in [5.74, 6) is 0.177. The Morgan fingerprint density at radius 2 is 2.03 bits per heavy atom. The topological polar surface area (TPSA) is 88.0 Å². The first-order valence-corrected chi connectivity index (χ1v) is 10.3. The third kappa shape index (κ3) is 4.25. The van der Waals surface area contributed by atoms with Gasteiger partial charge in [0.15, 0.2) is 5.82 Å². The fourth-order valence-corrected chi connectivity index (χ4v) is 3.90. The molecule has 3 heterocycles. The van der Waals surface area contributed by atoms with Crippen LogP contribution in [0.4, 0.5) is 26.2 Å². The van der Waals surface area contributed by atoms with E-state index in [1.165, 1.54) is 6.07 Å². The van der Waals surface area contributed by atoms with E-state index in [-0.39, 0.29) is 30.0 Å². The summed E-state index contributed by atoms with van der Waals surface area (Å²) in [6.45, 7) is 6.33. The first-order valence-electron chi connectivity index (χ1n) is 10.3. The highest BCUT2D eigenvalue weighted by atomic mass is 19.1. The second-order valence-corrected chi connectivity index (χ2v) is 8.26. The SMILES string of the molecule is Cc1nc(NCc2cnn(Cc3cc(F)ccc3F)c2)nc2c1NC(=O)[C@H](C(C)C)N2C. The number of carbonyl (C=O) groups excluding carboxylic acids is 1. The number of benzene rings is 1. The predicted molar refractivity (Wildman–Crippen MR) is 117 cm³/mol. The largest absolute Gasteiger partial charge is 0.350 e. The lowest BCUT2D eigenvalue weighted by atomic mass is 9.99. The first kappa shape index (κ1) is 21.7. The van der Waals surface area contributed by atoms with Gasteiger partial charge in [-0.05, 0) is 31.0 Å². The van der Waals surface area contributed by atoms with Crippen molar-refractivity contribution in [2.45, 2.75) is 39.9 Å². The van der Waals surface area contributed by atoms with Gasteiger partial charge in [-0.1, -0.05) is 13.8 Å². The Labute approximate surface area is 184 Å². The minimum absolute atomic E-state index is 0.0652. The molecule has 1 aromatic carbocycles. The van der Waals surface area contributed by atoms with E-state index >= 15 is 0 Å². The second-order valence-electron chi connectivity index (χ2n) is 8.26. The monoisotopic (exact) mass is 441 g/mol. The quantitative estimate of drug-likeness (QED) is 0.610. The number of hydrogen-bond acceptors (Lipinski definition) is 6. The van der Waals surface area contributed by atoms with Crippen LogP contribution in [0.1, 0.15) is 30.7 Å². The molecule has 10 heteroatoms. The van der Waals surface area contributed by atoms with E-state index in [1.54, 1.807) is 17.1 Å². The lowest BCUT2D eigenvalue weighted by Crippen LogP contribution is -2.49. The minimum atomic E-state index is -0.490. The van der Waals surface area contributed by atoms with Gasteiger partial charge >= 0.3 is 0 Å². The Kier molecular flexibility index (Phi) is 5.77. The lowest BCUT2D eigenvalue weighted by molar-refractivity contribution is -0.118. The van der Waals surface area contributed by atoms with Gasteiger partial charge in [0.1, 0.15) is 23.4 Å². The molecule has 0 fully saturated rings. The molecule has 2 aromatic heterocycles. The third-order valence-electron chi connectivity index (χ3n) is 5.45. The van der Waals surface area contributed by atoms with Crippen molar-refractivity contribution in [2.24, 2.45) is 5.92 Å². The summed E-state index contributed by atoms with van der Waals surface area (Å²) in [5.41, 5.74) is 2.34. The van der Waals surface area contributed by atoms with Gasteiger partial charge in [0, 0.05) is 30.9 Å². The number of nitrogens with one attached hydrogen (secondary N) is 2. The van der Waals surface area contributed by atoms with Crippen molar-refractivity contribution in [3.05, 3.63) is 59.0 Å². The molecule has 4 rings (SSSR count). The van der Waals surface area contributed by atoms with Crippen molar-refractivity contribution in [3.8, 4) is 0 Å². The van der Waals surface area contributed by atoms with Gasteiger partial charge < -0.3 is 15.5 Å². The van der Waals surface area contributed by atoms with Crippen LogP contribution in [-0.4, -0.2) is 38.7 Å². The average Bonchev–Trinajstić information content (AvgIpc) is 3.17. The molecule has 2 N–H and O–H groups in total. The van der Waals surface area contributed by atoms with E-state index in [1.807, 2.05) is 32.7 Å². The molecular weight excluding hydrogens is 416 g/mol. The van der Waals surface area contributed by atoms with E-state index in [4.69, 9.17) is 0 Å². The van der Waals surface area contributed by atoms with Crippen molar-refractivity contribution in [3.63, 3.8) is 0 Å². The van der Waals surface area contributed by atoms with Gasteiger partial charge in [-0.25, -0.2) is 13.8 Å². The van der Waals surface area contributed by atoms with Gasteiger partial charge in [-0.2, -0.15) is 10.1 Å². The molecule has 0 radical (unpaired) electrons. The number of hydrogen-bond donors (Lipinski definition) is 2. The van der Waals surface area contributed by atoms with E-state index in [2.05, 4.69) is 25.7 Å².